The number of aromatic nitrogens is 1. The van der Waals surface area contributed by atoms with Gasteiger partial charge in [0.2, 0.25) is 0 Å². The fraction of sp³-hybridized carbons (Fsp3) is 0.667. The van der Waals surface area contributed by atoms with E-state index in [2.05, 4.69) is 32.7 Å². The van der Waals surface area contributed by atoms with E-state index < -0.39 is 0 Å². The van der Waals surface area contributed by atoms with E-state index in [1.54, 1.807) is 0 Å². The second-order valence-corrected chi connectivity index (χ2v) is 6.61. The summed E-state index contributed by atoms with van der Waals surface area (Å²) in [5, 5.41) is 9.31. The lowest BCUT2D eigenvalue weighted by Crippen LogP contribution is -2.52. The van der Waals surface area contributed by atoms with Crippen LogP contribution in [0.2, 0.25) is 0 Å². The molecule has 0 aliphatic carbocycles. The SMILES string of the molecule is CCN1CCOC(CN2CCN(c3nc(C)ccc3C#N)CC2)C1. The van der Waals surface area contributed by atoms with Crippen molar-refractivity contribution < 1.29 is 4.74 Å². The molecule has 3 rings (SSSR count). The van der Waals surface area contributed by atoms with Gasteiger partial charge < -0.3 is 9.64 Å². The lowest BCUT2D eigenvalue weighted by molar-refractivity contribution is -0.0422. The van der Waals surface area contributed by atoms with Gasteiger partial charge in [-0.2, -0.15) is 5.26 Å². The molecule has 0 amide bonds. The number of anilines is 1. The molecular formula is C18H27N5O. The standard InChI is InChI=1S/C18H27N5O/c1-3-21-10-11-24-17(13-21)14-22-6-8-23(9-7-22)18-16(12-19)5-4-15(2)20-18/h4-5,17H,3,6-11,13-14H2,1-2H3. The second kappa shape index (κ2) is 7.93. The maximum absolute atomic E-state index is 9.31. The highest BCUT2D eigenvalue weighted by molar-refractivity contribution is 5.54. The van der Waals surface area contributed by atoms with Crippen LogP contribution in [0.3, 0.4) is 0 Å². The molecule has 2 fully saturated rings. The van der Waals surface area contributed by atoms with Crippen LogP contribution >= 0.6 is 0 Å². The molecule has 2 aliphatic heterocycles. The summed E-state index contributed by atoms with van der Waals surface area (Å²) in [4.78, 5) is 11.8. The van der Waals surface area contributed by atoms with Crippen molar-refractivity contribution in [1.29, 1.82) is 5.26 Å². The molecule has 0 spiro atoms. The summed E-state index contributed by atoms with van der Waals surface area (Å²) in [5.74, 6) is 0.836. The van der Waals surface area contributed by atoms with E-state index in [-0.39, 0.29) is 0 Å². The number of morpholine rings is 1. The van der Waals surface area contributed by atoms with E-state index in [0.29, 0.717) is 11.7 Å². The molecule has 24 heavy (non-hydrogen) atoms. The number of hydrogen-bond donors (Lipinski definition) is 0. The summed E-state index contributed by atoms with van der Waals surface area (Å²) in [5.41, 5.74) is 1.63. The van der Waals surface area contributed by atoms with E-state index in [1.165, 1.54) is 0 Å². The summed E-state index contributed by atoms with van der Waals surface area (Å²) < 4.78 is 5.92. The predicted octanol–water partition coefficient (Wildman–Crippen LogP) is 1.10. The molecule has 2 aliphatic rings. The smallest absolute Gasteiger partial charge is 0.146 e. The third kappa shape index (κ3) is 4.04. The minimum Gasteiger partial charge on any atom is -0.374 e. The normalized spacial score (nSPS) is 23.2. The van der Waals surface area contributed by atoms with Gasteiger partial charge in [-0.3, -0.25) is 9.80 Å². The Hall–Kier alpha value is -1.68. The molecule has 1 atom stereocenters. The van der Waals surface area contributed by atoms with Crippen LogP contribution in [0.25, 0.3) is 0 Å². The zero-order chi connectivity index (χ0) is 16.9. The van der Waals surface area contributed by atoms with Gasteiger partial charge in [0.25, 0.3) is 0 Å². The van der Waals surface area contributed by atoms with Crippen molar-refractivity contribution in [3.63, 3.8) is 0 Å². The average Bonchev–Trinajstić information content (AvgIpc) is 2.62. The van der Waals surface area contributed by atoms with Crippen LogP contribution in [-0.4, -0.2) is 79.9 Å². The molecule has 1 aromatic rings. The topological polar surface area (TPSA) is 55.6 Å². The van der Waals surface area contributed by atoms with Crippen LogP contribution in [0.5, 0.6) is 0 Å². The van der Waals surface area contributed by atoms with Crippen LogP contribution < -0.4 is 4.90 Å². The number of nitriles is 1. The van der Waals surface area contributed by atoms with Crippen molar-refractivity contribution in [3.05, 3.63) is 23.4 Å². The van der Waals surface area contributed by atoms with Gasteiger partial charge in [-0.05, 0) is 25.6 Å². The highest BCUT2D eigenvalue weighted by Crippen LogP contribution is 2.20. The molecule has 0 aromatic carbocycles. The van der Waals surface area contributed by atoms with Gasteiger partial charge in [0, 0.05) is 51.5 Å². The Morgan fingerprint density at radius 1 is 1.21 bits per heavy atom. The van der Waals surface area contributed by atoms with E-state index in [9.17, 15) is 5.26 Å². The van der Waals surface area contributed by atoms with Crippen LogP contribution in [0.15, 0.2) is 12.1 Å². The highest BCUT2D eigenvalue weighted by atomic mass is 16.5. The Morgan fingerprint density at radius 2 is 2.00 bits per heavy atom. The van der Waals surface area contributed by atoms with Gasteiger partial charge in [-0.15, -0.1) is 0 Å². The Morgan fingerprint density at radius 3 is 2.71 bits per heavy atom. The highest BCUT2D eigenvalue weighted by Gasteiger charge is 2.25. The first kappa shape index (κ1) is 17.2. The molecule has 0 saturated carbocycles. The van der Waals surface area contributed by atoms with E-state index in [4.69, 9.17) is 4.74 Å². The van der Waals surface area contributed by atoms with Crippen LogP contribution in [0.1, 0.15) is 18.2 Å². The number of piperazine rings is 1. The van der Waals surface area contributed by atoms with Gasteiger partial charge in [-0.25, -0.2) is 4.98 Å². The predicted molar refractivity (Wildman–Crippen MR) is 94.2 cm³/mol. The van der Waals surface area contributed by atoms with Crippen LogP contribution in [0.4, 0.5) is 5.82 Å². The van der Waals surface area contributed by atoms with Crippen molar-refractivity contribution in [2.24, 2.45) is 0 Å². The number of rotatable bonds is 4. The average molecular weight is 329 g/mol. The van der Waals surface area contributed by atoms with Gasteiger partial charge in [0.15, 0.2) is 0 Å². The van der Waals surface area contributed by atoms with Gasteiger partial charge in [0.1, 0.15) is 11.9 Å². The fourth-order valence-electron chi connectivity index (χ4n) is 3.48. The molecule has 0 bridgehead atoms. The Labute approximate surface area is 144 Å². The first-order valence-electron chi connectivity index (χ1n) is 8.88. The number of ether oxygens (including phenoxy) is 1. The zero-order valence-corrected chi connectivity index (χ0v) is 14.7. The molecule has 0 radical (unpaired) electrons. The van der Waals surface area contributed by atoms with Crippen molar-refractivity contribution in [3.8, 4) is 6.07 Å². The molecule has 1 unspecified atom stereocenters. The van der Waals surface area contributed by atoms with Gasteiger partial charge >= 0.3 is 0 Å². The number of pyridine rings is 1. The first-order valence-corrected chi connectivity index (χ1v) is 8.88. The minimum atomic E-state index is 0.317. The number of nitrogens with zero attached hydrogens (tertiary/aromatic N) is 5. The maximum Gasteiger partial charge on any atom is 0.146 e. The summed E-state index contributed by atoms with van der Waals surface area (Å²) in [6.07, 6.45) is 0.317. The lowest BCUT2D eigenvalue weighted by atomic mass is 10.2. The summed E-state index contributed by atoms with van der Waals surface area (Å²) >= 11 is 0. The zero-order valence-electron chi connectivity index (χ0n) is 14.7. The van der Waals surface area contributed by atoms with Gasteiger partial charge in [-0.1, -0.05) is 6.92 Å². The van der Waals surface area contributed by atoms with Gasteiger partial charge in [0.05, 0.1) is 18.3 Å². The molecule has 6 heteroatoms. The van der Waals surface area contributed by atoms with Crippen LogP contribution in [-0.2, 0) is 4.74 Å². The second-order valence-electron chi connectivity index (χ2n) is 6.61. The maximum atomic E-state index is 9.31. The number of hydrogen-bond acceptors (Lipinski definition) is 6. The van der Waals surface area contributed by atoms with Crippen molar-refractivity contribution in [2.75, 3.05) is 63.9 Å². The van der Waals surface area contributed by atoms with E-state index in [0.717, 1.165) is 70.5 Å². The fourth-order valence-corrected chi connectivity index (χ4v) is 3.48. The molecule has 3 heterocycles. The number of aryl methyl sites for hydroxylation is 1. The summed E-state index contributed by atoms with van der Waals surface area (Å²) in [7, 11) is 0. The summed E-state index contributed by atoms with van der Waals surface area (Å²) in [6, 6.07) is 6.04. The molecule has 6 nitrogen and oxygen atoms in total. The molecule has 130 valence electrons. The molecule has 0 N–H and O–H groups in total. The number of likely N-dealkylation sites (N-methyl/N-ethyl adjacent to an activating group) is 1. The summed E-state index contributed by atoms with van der Waals surface area (Å²) in [6.45, 7) is 13.0. The first-order chi connectivity index (χ1) is 11.7. The Bertz CT molecular complexity index is 592. The largest absolute Gasteiger partial charge is 0.374 e. The van der Waals surface area contributed by atoms with Crippen LogP contribution in [0, 0.1) is 18.3 Å². The van der Waals surface area contributed by atoms with E-state index in [1.807, 2.05) is 19.1 Å². The van der Waals surface area contributed by atoms with Crippen molar-refractivity contribution >= 4 is 5.82 Å². The monoisotopic (exact) mass is 329 g/mol. The van der Waals surface area contributed by atoms with Crippen molar-refractivity contribution in [2.45, 2.75) is 20.0 Å². The van der Waals surface area contributed by atoms with E-state index >= 15 is 0 Å². The minimum absolute atomic E-state index is 0.317. The third-order valence-electron chi connectivity index (χ3n) is 4.94. The third-order valence-corrected chi connectivity index (χ3v) is 4.94. The Kier molecular flexibility index (Phi) is 5.67. The Balaban J connectivity index is 1.55. The molecular weight excluding hydrogens is 302 g/mol. The van der Waals surface area contributed by atoms with Crippen molar-refractivity contribution in [1.82, 2.24) is 14.8 Å². The molecule has 1 aromatic heterocycles. The quantitative estimate of drug-likeness (QED) is 0.825. The lowest BCUT2D eigenvalue weighted by Gasteiger charge is -2.39. The molecule has 2 saturated heterocycles.